The minimum atomic E-state index is -0.336. The molecule has 3 amide bonds. The molecule has 2 aliphatic heterocycles. The van der Waals surface area contributed by atoms with Crippen molar-refractivity contribution in [2.45, 2.75) is 32.2 Å². The Hall–Kier alpha value is -4.71. The molecule has 1 aromatic carbocycles. The largest absolute Gasteiger partial charge is 0.361 e. The molecule has 4 N–H and O–H groups in total. The van der Waals surface area contributed by atoms with Gasteiger partial charge in [0.2, 0.25) is 5.95 Å². The summed E-state index contributed by atoms with van der Waals surface area (Å²) in [6, 6.07) is 7.14. The number of urea groups is 1. The number of aromatic nitrogens is 4. The van der Waals surface area contributed by atoms with E-state index in [1.807, 2.05) is 30.5 Å². The van der Waals surface area contributed by atoms with Crippen LogP contribution >= 0.6 is 11.6 Å². The fourth-order valence-corrected chi connectivity index (χ4v) is 4.97. The van der Waals surface area contributed by atoms with E-state index >= 15 is 0 Å². The molecule has 204 valence electrons. The molecule has 2 aliphatic rings. The molecule has 1 fully saturated rings. The maximum Gasteiger partial charge on any atom is 0.319 e. The molecule has 0 spiro atoms. The van der Waals surface area contributed by atoms with Gasteiger partial charge >= 0.3 is 6.03 Å². The summed E-state index contributed by atoms with van der Waals surface area (Å²) in [5.74, 6) is 1.17. The number of hydrogen-bond acceptors (Lipinski definition) is 9. The number of halogens is 1. The van der Waals surface area contributed by atoms with E-state index in [0.717, 1.165) is 22.5 Å². The van der Waals surface area contributed by atoms with Gasteiger partial charge in [0.25, 0.3) is 5.91 Å². The lowest BCUT2D eigenvalue weighted by Gasteiger charge is -2.18. The number of nitrogens with one attached hydrogen (secondary N) is 4. The average Bonchev–Trinajstić information content (AvgIpc) is 3.59. The second kappa shape index (κ2) is 10.8. The summed E-state index contributed by atoms with van der Waals surface area (Å²) < 4.78 is 5.02. The zero-order valence-corrected chi connectivity index (χ0v) is 22.3. The Balaban J connectivity index is 1.18. The number of anilines is 5. The summed E-state index contributed by atoms with van der Waals surface area (Å²) >= 11 is 6.36. The number of rotatable bonds is 3. The number of pyridine rings is 1. The fraction of sp³-hybridized carbons (Fsp3) is 0.259. The standard InChI is InChI=1S/C27H26ClN9O3/c1-15-21(12-31-40-15)25(38)37-7-6-19(14-37)34-27(39)35-23-5-4-18-9-17(23)3-2-16-8-20(11-29-10-16)33-26-30-13-22(28)24(32-18)36-26/h4-5,8-13,19H,2-3,6-7,14H2,1H3,(H2,34,35,39)(H2,30,32,33,36)/t19-/m0/s1. The molecule has 0 saturated carbocycles. The third-order valence-corrected chi connectivity index (χ3v) is 7.16. The number of hydrogen-bond donors (Lipinski definition) is 4. The number of carbonyl (C=O) groups is 2. The molecule has 1 atom stereocenters. The Kier molecular flexibility index (Phi) is 6.91. The zero-order chi connectivity index (χ0) is 27.6. The fourth-order valence-electron chi connectivity index (χ4n) is 4.83. The molecule has 12 nitrogen and oxygen atoms in total. The van der Waals surface area contributed by atoms with Crippen LogP contribution in [0.2, 0.25) is 5.02 Å². The van der Waals surface area contributed by atoms with Gasteiger partial charge in [-0.2, -0.15) is 4.98 Å². The first-order valence-corrected chi connectivity index (χ1v) is 13.2. The number of likely N-dealkylation sites (tertiary alicyclic amines) is 1. The van der Waals surface area contributed by atoms with Crippen LogP contribution in [-0.4, -0.2) is 56.1 Å². The number of carbonyl (C=O) groups excluding carboxylic acids is 2. The van der Waals surface area contributed by atoms with Crippen molar-refractivity contribution in [1.82, 2.24) is 30.3 Å². The van der Waals surface area contributed by atoms with Crippen LogP contribution in [0.5, 0.6) is 0 Å². The predicted molar refractivity (Wildman–Crippen MR) is 149 cm³/mol. The molecular weight excluding hydrogens is 534 g/mol. The summed E-state index contributed by atoms with van der Waals surface area (Å²) in [5, 5.41) is 16.5. The van der Waals surface area contributed by atoms with Gasteiger partial charge in [0.15, 0.2) is 5.82 Å². The van der Waals surface area contributed by atoms with Crippen molar-refractivity contribution in [3.05, 3.63) is 76.5 Å². The van der Waals surface area contributed by atoms with Gasteiger partial charge in [-0.3, -0.25) is 9.78 Å². The third-order valence-electron chi connectivity index (χ3n) is 6.89. The van der Waals surface area contributed by atoms with Crippen molar-refractivity contribution in [2.24, 2.45) is 0 Å². The van der Waals surface area contributed by atoms with Crippen LogP contribution in [-0.2, 0) is 12.8 Å². The Morgan fingerprint density at radius 3 is 2.85 bits per heavy atom. The average molecular weight is 560 g/mol. The van der Waals surface area contributed by atoms with Crippen molar-refractivity contribution < 1.29 is 14.1 Å². The van der Waals surface area contributed by atoms with E-state index in [2.05, 4.69) is 41.4 Å². The van der Waals surface area contributed by atoms with Crippen molar-refractivity contribution >= 4 is 52.4 Å². The topological polar surface area (TPSA) is 150 Å². The summed E-state index contributed by atoms with van der Waals surface area (Å²) in [5.41, 5.74) is 4.60. The predicted octanol–water partition coefficient (Wildman–Crippen LogP) is 4.44. The second-order valence-corrected chi connectivity index (χ2v) is 10.1. The monoisotopic (exact) mass is 559 g/mol. The molecule has 5 heterocycles. The molecule has 0 aliphatic carbocycles. The summed E-state index contributed by atoms with van der Waals surface area (Å²) in [6.45, 7) is 2.65. The Morgan fingerprint density at radius 1 is 1.10 bits per heavy atom. The smallest absolute Gasteiger partial charge is 0.319 e. The van der Waals surface area contributed by atoms with Crippen LogP contribution in [0.25, 0.3) is 0 Å². The SMILES string of the molecule is Cc1oncc1C(=O)N1CC[C@H](NC(=O)Nc2ccc3cc2CCc2cncc(c2)Nc2ncc(Cl)c(n2)N3)C1. The van der Waals surface area contributed by atoms with Crippen molar-refractivity contribution in [3.63, 3.8) is 0 Å². The zero-order valence-electron chi connectivity index (χ0n) is 21.6. The van der Waals surface area contributed by atoms with Crippen LogP contribution in [0.3, 0.4) is 0 Å². The maximum absolute atomic E-state index is 13.0. The molecule has 0 radical (unpaired) electrons. The van der Waals surface area contributed by atoms with Crippen molar-refractivity contribution in [3.8, 4) is 0 Å². The minimum Gasteiger partial charge on any atom is -0.361 e. The number of aryl methyl sites for hydroxylation is 3. The van der Waals surface area contributed by atoms with E-state index in [1.165, 1.54) is 12.4 Å². The van der Waals surface area contributed by atoms with E-state index in [-0.39, 0.29) is 18.0 Å². The summed E-state index contributed by atoms with van der Waals surface area (Å²) in [7, 11) is 0. The van der Waals surface area contributed by atoms with E-state index in [0.29, 0.717) is 66.2 Å². The van der Waals surface area contributed by atoms with Gasteiger partial charge in [-0.25, -0.2) is 9.78 Å². The lowest BCUT2D eigenvalue weighted by molar-refractivity contribution is 0.0787. The highest BCUT2D eigenvalue weighted by molar-refractivity contribution is 6.32. The Labute approximate surface area is 234 Å². The first kappa shape index (κ1) is 25.6. The molecule has 6 rings (SSSR count). The first-order chi connectivity index (χ1) is 19.4. The number of fused-ring (bicyclic) bond motifs is 6. The molecule has 1 saturated heterocycles. The Morgan fingerprint density at radius 2 is 2.00 bits per heavy atom. The van der Waals surface area contributed by atoms with Gasteiger partial charge in [-0.15, -0.1) is 0 Å². The first-order valence-electron chi connectivity index (χ1n) is 12.8. The number of nitrogens with zero attached hydrogens (tertiary/aromatic N) is 5. The normalized spacial score (nSPS) is 16.1. The number of benzene rings is 1. The van der Waals surface area contributed by atoms with Crippen LogP contribution in [0.4, 0.5) is 33.6 Å². The minimum absolute atomic E-state index is 0.150. The molecule has 13 heteroatoms. The van der Waals surface area contributed by atoms with Crippen LogP contribution < -0.4 is 21.3 Å². The third kappa shape index (κ3) is 5.52. The van der Waals surface area contributed by atoms with E-state index in [4.69, 9.17) is 16.1 Å². The van der Waals surface area contributed by atoms with Crippen molar-refractivity contribution in [2.75, 3.05) is 29.0 Å². The van der Waals surface area contributed by atoms with Gasteiger partial charge in [0, 0.05) is 36.7 Å². The molecule has 0 unspecified atom stereocenters. The van der Waals surface area contributed by atoms with E-state index in [1.54, 1.807) is 18.0 Å². The quantitative estimate of drug-likeness (QED) is 0.285. The molecular formula is C27H26ClN9O3. The van der Waals surface area contributed by atoms with Crippen molar-refractivity contribution in [1.29, 1.82) is 0 Å². The molecule has 3 aromatic heterocycles. The lowest BCUT2D eigenvalue weighted by Crippen LogP contribution is -2.40. The highest BCUT2D eigenvalue weighted by Gasteiger charge is 2.30. The van der Waals surface area contributed by atoms with Crippen LogP contribution in [0.1, 0.15) is 33.7 Å². The second-order valence-electron chi connectivity index (χ2n) is 9.72. The van der Waals surface area contributed by atoms with Gasteiger partial charge in [0.05, 0.1) is 24.3 Å². The Bertz CT molecular complexity index is 1590. The lowest BCUT2D eigenvalue weighted by atomic mass is 10.0. The van der Waals surface area contributed by atoms with Crippen LogP contribution in [0, 0.1) is 6.92 Å². The van der Waals surface area contributed by atoms with E-state index < -0.39 is 0 Å². The van der Waals surface area contributed by atoms with Gasteiger partial charge < -0.3 is 30.7 Å². The van der Waals surface area contributed by atoms with Gasteiger partial charge in [-0.05, 0) is 61.6 Å². The molecule has 6 bridgehead atoms. The molecule has 40 heavy (non-hydrogen) atoms. The number of amides is 3. The molecule has 4 aromatic rings. The highest BCUT2D eigenvalue weighted by atomic mass is 35.5. The summed E-state index contributed by atoms with van der Waals surface area (Å²) in [4.78, 5) is 40.6. The van der Waals surface area contributed by atoms with Gasteiger partial charge in [0.1, 0.15) is 16.3 Å². The maximum atomic E-state index is 13.0. The highest BCUT2D eigenvalue weighted by Crippen LogP contribution is 2.29. The van der Waals surface area contributed by atoms with Crippen LogP contribution in [0.15, 0.2) is 53.6 Å². The van der Waals surface area contributed by atoms with Gasteiger partial charge in [-0.1, -0.05) is 16.8 Å². The van der Waals surface area contributed by atoms with E-state index in [9.17, 15) is 9.59 Å². The summed E-state index contributed by atoms with van der Waals surface area (Å²) in [6.07, 6.45) is 8.48.